The van der Waals surface area contributed by atoms with Gasteiger partial charge in [0.2, 0.25) is 6.79 Å². The Hall–Kier alpha value is -3.02. The molecule has 0 unspecified atom stereocenters. The van der Waals surface area contributed by atoms with Crippen molar-refractivity contribution in [1.29, 1.82) is 0 Å². The van der Waals surface area contributed by atoms with Gasteiger partial charge in [-0.2, -0.15) is 5.10 Å². The van der Waals surface area contributed by atoms with E-state index in [0.29, 0.717) is 23.7 Å². The molecule has 0 spiro atoms. The van der Waals surface area contributed by atoms with Crippen molar-refractivity contribution in [2.24, 2.45) is 0 Å². The Kier molecular flexibility index (Phi) is 3.34. The van der Waals surface area contributed by atoms with Crippen LogP contribution in [0.5, 0.6) is 11.5 Å². The minimum atomic E-state index is -0.257. The molecule has 0 amide bonds. The van der Waals surface area contributed by atoms with Gasteiger partial charge < -0.3 is 9.47 Å². The fourth-order valence-electron chi connectivity index (χ4n) is 2.69. The summed E-state index contributed by atoms with van der Waals surface area (Å²) in [6, 6.07) is 15.6. The number of aryl methyl sites for hydroxylation is 2. The summed E-state index contributed by atoms with van der Waals surface area (Å²) in [5, 5.41) is 6.68. The van der Waals surface area contributed by atoms with E-state index in [9.17, 15) is 4.79 Å². The van der Waals surface area contributed by atoms with Gasteiger partial charge in [0, 0.05) is 12.5 Å². The molecule has 23 heavy (non-hydrogen) atoms. The molecule has 0 saturated carbocycles. The van der Waals surface area contributed by atoms with Crippen LogP contribution in [0.15, 0.2) is 53.3 Å². The second-order valence-corrected chi connectivity index (χ2v) is 5.30. The average molecular weight is 309 g/mol. The van der Waals surface area contributed by atoms with Gasteiger partial charge in [-0.25, -0.2) is 14.5 Å². The quantitative estimate of drug-likeness (QED) is 0.801. The third-order valence-corrected chi connectivity index (χ3v) is 3.84. The largest absolute Gasteiger partial charge is 0.454 e. The van der Waals surface area contributed by atoms with Crippen molar-refractivity contribution in [3.63, 3.8) is 0 Å². The summed E-state index contributed by atoms with van der Waals surface area (Å²) in [7, 11) is 0. The number of hydrogen-bond donors (Lipinski definition) is 1. The highest BCUT2D eigenvalue weighted by atomic mass is 16.7. The van der Waals surface area contributed by atoms with Crippen LogP contribution in [0.25, 0.3) is 5.69 Å². The van der Waals surface area contributed by atoms with Crippen LogP contribution in [0.3, 0.4) is 0 Å². The van der Waals surface area contributed by atoms with E-state index in [2.05, 4.69) is 22.3 Å². The first kappa shape index (κ1) is 13.6. The molecule has 3 aromatic rings. The predicted octanol–water partition coefficient (Wildman–Crippen LogP) is 2.07. The second kappa shape index (κ2) is 5.64. The van der Waals surface area contributed by atoms with E-state index >= 15 is 0 Å². The van der Waals surface area contributed by atoms with E-state index in [-0.39, 0.29) is 12.5 Å². The Morgan fingerprint density at radius 3 is 2.74 bits per heavy atom. The molecule has 116 valence electrons. The number of benzene rings is 2. The highest BCUT2D eigenvalue weighted by Crippen LogP contribution is 2.33. The van der Waals surface area contributed by atoms with E-state index in [0.717, 1.165) is 12.1 Å². The lowest BCUT2D eigenvalue weighted by Gasteiger charge is -2.07. The van der Waals surface area contributed by atoms with Crippen LogP contribution in [0, 0.1) is 0 Å². The van der Waals surface area contributed by atoms with Crippen molar-refractivity contribution in [3.8, 4) is 17.2 Å². The summed E-state index contributed by atoms with van der Waals surface area (Å²) in [6.07, 6.45) is 1.48. The molecule has 1 aromatic heterocycles. The van der Waals surface area contributed by atoms with Gasteiger partial charge >= 0.3 is 5.69 Å². The zero-order valence-corrected chi connectivity index (χ0v) is 12.4. The number of H-pyrrole nitrogens is 1. The Morgan fingerprint density at radius 2 is 1.87 bits per heavy atom. The van der Waals surface area contributed by atoms with Crippen LogP contribution in [-0.4, -0.2) is 21.6 Å². The Balaban J connectivity index is 1.64. The summed E-state index contributed by atoms with van der Waals surface area (Å²) in [4.78, 5) is 12.1. The van der Waals surface area contributed by atoms with Gasteiger partial charge in [0.05, 0.1) is 5.69 Å². The molecule has 0 radical (unpaired) electrons. The lowest BCUT2D eigenvalue weighted by atomic mass is 10.1. The van der Waals surface area contributed by atoms with Gasteiger partial charge in [-0.1, -0.05) is 30.3 Å². The maximum atomic E-state index is 12.1. The Labute approximate surface area is 132 Å². The fraction of sp³-hybridized carbons (Fsp3) is 0.176. The van der Waals surface area contributed by atoms with Crippen LogP contribution >= 0.6 is 0 Å². The summed E-state index contributed by atoms with van der Waals surface area (Å²) in [5.74, 6) is 2.03. The zero-order valence-electron chi connectivity index (χ0n) is 12.4. The molecule has 0 saturated heterocycles. The highest BCUT2D eigenvalue weighted by Gasteiger charge is 2.17. The molecule has 1 aliphatic heterocycles. The number of nitrogens with one attached hydrogen (secondary N) is 1. The van der Waals surface area contributed by atoms with Crippen molar-refractivity contribution in [1.82, 2.24) is 14.8 Å². The van der Waals surface area contributed by atoms with Gasteiger partial charge in [-0.3, -0.25) is 0 Å². The summed E-state index contributed by atoms with van der Waals surface area (Å²) < 4.78 is 12.3. The van der Waals surface area contributed by atoms with E-state index in [1.807, 2.05) is 24.3 Å². The first-order valence-corrected chi connectivity index (χ1v) is 7.41. The van der Waals surface area contributed by atoms with Gasteiger partial charge in [-0.05, 0) is 24.1 Å². The maximum Gasteiger partial charge on any atom is 0.347 e. The molecule has 1 N–H and O–H groups in total. The van der Waals surface area contributed by atoms with E-state index < -0.39 is 0 Å². The first-order valence-electron chi connectivity index (χ1n) is 7.41. The van der Waals surface area contributed by atoms with Crippen LogP contribution in [-0.2, 0) is 12.8 Å². The summed E-state index contributed by atoms with van der Waals surface area (Å²) in [6.45, 7) is 0.208. The van der Waals surface area contributed by atoms with Gasteiger partial charge in [-0.15, -0.1) is 0 Å². The maximum absolute atomic E-state index is 12.1. The predicted molar refractivity (Wildman–Crippen MR) is 84.2 cm³/mol. The number of hydrogen-bond acceptors (Lipinski definition) is 4. The molecule has 1 aliphatic rings. The molecule has 0 atom stereocenters. The van der Waals surface area contributed by atoms with Crippen molar-refractivity contribution in [3.05, 3.63) is 70.4 Å². The monoisotopic (exact) mass is 309 g/mol. The van der Waals surface area contributed by atoms with Gasteiger partial charge in [0.15, 0.2) is 11.5 Å². The van der Waals surface area contributed by atoms with E-state index in [1.54, 1.807) is 16.7 Å². The van der Waals surface area contributed by atoms with Crippen molar-refractivity contribution < 1.29 is 9.47 Å². The van der Waals surface area contributed by atoms with E-state index in [1.165, 1.54) is 5.56 Å². The fourth-order valence-corrected chi connectivity index (χ4v) is 2.69. The number of fused-ring (bicyclic) bond motifs is 1. The molecule has 0 fully saturated rings. The summed E-state index contributed by atoms with van der Waals surface area (Å²) in [5.41, 5.74) is 1.67. The molecule has 2 aromatic carbocycles. The Bertz CT molecular complexity index is 884. The first-order chi connectivity index (χ1) is 11.3. The lowest BCUT2D eigenvalue weighted by molar-refractivity contribution is 0.174. The van der Waals surface area contributed by atoms with Crippen molar-refractivity contribution in [2.75, 3.05) is 6.79 Å². The highest BCUT2D eigenvalue weighted by molar-refractivity contribution is 5.50. The SMILES string of the molecule is O=c1[nH]nc(CCc2ccccc2)n1-c1ccc2c(c1)OCO2. The normalized spacial score (nSPS) is 12.5. The van der Waals surface area contributed by atoms with Crippen LogP contribution in [0.4, 0.5) is 0 Å². The van der Waals surface area contributed by atoms with Crippen molar-refractivity contribution in [2.45, 2.75) is 12.8 Å². The van der Waals surface area contributed by atoms with Crippen LogP contribution in [0.2, 0.25) is 0 Å². The molecular weight excluding hydrogens is 294 g/mol. The topological polar surface area (TPSA) is 69.1 Å². The van der Waals surface area contributed by atoms with Crippen LogP contribution < -0.4 is 15.2 Å². The summed E-state index contributed by atoms with van der Waals surface area (Å²) >= 11 is 0. The molecule has 6 nitrogen and oxygen atoms in total. The zero-order chi connectivity index (χ0) is 15.6. The standard InChI is InChI=1S/C17H15N3O3/c21-17-19-18-16(9-6-12-4-2-1-3-5-12)20(17)13-7-8-14-15(10-13)23-11-22-14/h1-5,7-8,10H,6,9,11H2,(H,19,21). The smallest absolute Gasteiger partial charge is 0.347 e. The van der Waals surface area contributed by atoms with Gasteiger partial charge in [0.1, 0.15) is 5.82 Å². The minimum absolute atomic E-state index is 0.208. The van der Waals surface area contributed by atoms with Crippen LogP contribution in [0.1, 0.15) is 11.4 Å². The second-order valence-electron chi connectivity index (χ2n) is 5.30. The molecular formula is C17H15N3O3. The molecule has 4 rings (SSSR count). The number of ether oxygens (including phenoxy) is 2. The molecule has 0 aliphatic carbocycles. The number of aromatic nitrogens is 3. The van der Waals surface area contributed by atoms with Gasteiger partial charge in [0.25, 0.3) is 0 Å². The molecule has 2 heterocycles. The van der Waals surface area contributed by atoms with E-state index in [4.69, 9.17) is 9.47 Å². The minimum Gasteiger partial charge on any atom is -0.454 e. The number of nitrogens with zero attached hydrogens (tertiary/aromatic N) is 2. The van der Waals surface area contributed by atoms with Crippen molar-refractivity contribution >= 4 is 0 Å². The third kappa shape index (κ3) is 2.59. The lowest BCUT2D eigenvalue weighted by Crippen LogP contribution is -2.17. The molecule has 0 bridgehead atoms. The molecule has 6 heteroatoms. The number of rotatable bonds is 4. The Morgan fingerprint density at radius 1 is 1.04 bits per heavy atom. The average Bonchev–Trinajstić information content (AvgIpc) is 3.19. The number of aromatic amines is 1. The third-order valence-electron chi connectivity index (χ3n) is 3.84.